The number of hydrogen-bond donors (Lipinski definition) is 2. The lowest BCUT2D eigenvalue weighted by Crippen LogP contribution is -2.09. The predicted octanol–water partition coefficient (Wildman–Crippen LogP) is 4.08. The fourth-order valence-corrected chi connectivity index (χ4v) is 4.06. The molecule has 166 valence electrons. The van der Waals surface area contributed by atoms with Crippen molar-refractivity contribution in [1.29, 1.82) is 0 Å². The van der Waals surface area contributed by atoms with E-state index >= 15 is 0 Å². The summed E-state index contributed by atoms with van der Waals surface area (Å²) in [6.45, 7) is 0. The quantitative estimate of drug-likeness (QED) is 0.320. The van der Waals surface area contributed by atoms with E-state index in [1.165, 1.54) is 50.5 Å². The van der Waals surface area contributed by atoms with E-state index in [9.17, 15) is 9.59 Å². The number of esters is 2. The largest absolute Gasteiger partial charge is 0.465 e. The highest BCUT2D eigenvalue weighted by Gasteiger charge is 2.16. The van der Waals surface area contributed by atoms with Crippen molar-refractivity contribution < 1.29 is 19.1 Å². The number of pyridine rings is 1. The van der Waals surface area contributed by atoms with Crippen LogP contribution < -0.4 is 11.1 Å². The number of fused-ring (bicyclic) bond motifs is 1. The zero-order valence-electron chi connectivity index (χ0n) is 17.7. The van der Waals surface area contributed by atoms with Crippen molar-refractivity contribution in [2.45, 2.75) is 9.92 Å². The lowest BCUT2D eigenvalue weighted by Gasteiger charge is -2.13. The molecule has 33 heavy (non-hydrogen) atoms. The number of ether oxygens (including phenoxy) is 2. The van der Waals surface area contributed by atoms with Gasteiger partial charge in [-0.2, -0.15) is 0 Å². The molecule has 0 fully saturated rings. The molecule has 2 aromatic carbocycles. The number of nitrogens with zero attached hydrogens (tertiary/aromatic N) is 3. The Labute approximate surface area is 193 Å². The molecule has 0 aliphatic rings. The maximum Gasteiger partial charge on any atom is 0.337 e. The molecular formula is C23H19N5O4S. The SMILES string of the molecule is COC(=O)c1cc(Nc2ncnc(Sc3cccc4cccnc34)c2N)cc(C(=O)OC)c1. The van der Waals surface area contributed by atoms with Crippen molar-refractivity contribution in [3.63, 3.8) is 0 Å². The van der Waals surface area contributed by atoms with Gasteiger partial charge in [0, 0.05) is 22.2 Å². The molecule has 0 saturated heterocycles. The number of nitrogen functional groups attached to an aromatic ring is 1. The van der Waals surface area contributed by atoms with Gasteiger partial charge in [-0.15, -0.1) is 0 Å². The molecule has 0 aliphatic carbocycles. The Balaban J connectivity index is 1.68. The Kier molecular flexibility index (Phi) is 6.36. The summed E-state index contributed by atoms with van der Waals surface area (Å²) in [4.78, 5) is 38.0. The van der Waals surface area contributed by atoms with E-state index in [0.717, 1.165) is 15.8 Å². The van der Waals surface area contributed by atoms with E-state index < -0.39 is 11.9 Å². The minimum Gasteiger partial charge on any atom is -0.465 e. The van der Waals surface area contributed by atoms with Crippen LogP contribution in [0.5, 0.6) is 0 Å². The molecule has 4 aromatic rings. The van der Waals surface area contributed by atoms with Gasteiger partial charge >= 0.3 is 11.9 Å². The van der Waals surface area contributed by atoms with E-state index in [2.05, 4.69) is 20.3 Å². The van der Waals surface area contributed by atoms with Gasteiger partial charge in [-0.1, -0.05) is 30.0 Å². The second kappa shape index (κ2) is 9.53. The van der Waals surface area contributed by atoms with Crippen LogP contribution in [-0.4, -0.2) is 41.1 Å². The molecule has 2 aromatic heterocycles. The first-order chi connectivity index (χ1) is 16.0. The Morgan fingerprint density at radius 2 is 1.64 bits per heavy atom. The normalized spacial score (nSPS) is 10.6. The molecule has 0 amide bonds. The number of anilines is 3. The summed E-state index contributed by atoms with van der Waals surface area (Å²) in [5.41, 5.74) is 8.26. The first kappa shape index (κ1) is 22.0. The molecule has 0 atom stereocenters. The van der Waals surface area contributed by atoms with Crippen molar-refractivity contribution >= 4 is 51.8 Å². The Hall–Kier alpha value is -4.18. The number of nitrogens with one attached hydrogen (secondary N) is 1. The number of carbonyl (C=O) groups is 2. The van der Waals surface area contributed by atoms with Gasteiger partial charge in [-0.05, 0) is 30.3 Å². The van der Waals surface area contributed by atoms with E-state index in [1.807, 2.05) is 30.3 Å². The van der Waals surface area contributed by atoms with Gasteiger partial charge in [0.25, 0.3) is 0 Å². The summed E-state index contributed by atoms with van der Waals surface area (Å²) in [6.07, 6.45) is 3.11. The minimum atomic E-state index is -0.598. The average Bonchev–Trinajstić information content (AvgIpc) is 2.85. The van der Waals surface area contributed by atoms with Gasteiger partial charge in [0.2, 0.25) is 0 Å². The Morgan fingerprint density at radius 1 is 0.939 bits per heavy atom. The summed E-state index contributed by atoms with van der Waals surface area (Å²) >= 11 is 1.36. The molecule has 0 spiro atoms. The third-order valence-corrected chi connectivity index (χ3v) is 5.76. The van der Waals surface area contributed by atoms with E-state index in [4.69, 9.17) is 15.2 Å². The summed E-state index contributed by atoms with van der Waals surface area (Å²) in [7, 11) is 2.52. The van der Waals surface area contributed by atoms with Crippen LogP contribution in [-0.2, 0) is 9.47 Å². The van der Waals surface area contributed by atoms with Crippen LogP contribution in [0.4, 0.5) is 17.2 Å². The Bertz CT molecular complexity index is 1320. The zero-order chi connectivity index (χ0) is 23.4. The van der Waals surface area contributed by atoms with Gasteiger partial charge in [0.15, 0.2) is 5.82 Å². The maximum atomic E-state index is 12.1. The highest BCUT2D eigenvalue weighted by Crippen LogP contribution is 2.37. The monoisotopic (exact) mass is 461 g/mol. The summed E-state index contributed by atoms with van der Waals surface area (Å²) < 4.78 is 9.55. The van der Waals surface area contributed by atoms with Crippen molar-refractivity contribution in [3.8, 4) is 0 Å². The fourth-order valence-electron chi connectivity index (χ4n) is 3.13. The van der Waals surface area contributed by atoms with Crippen LogP contribution >= 0.6 is 11.8 Å². The maximum absolute atomic E-state index is 12.1. The van der Waals surface area contributed by atoms with Crippen LogP contribution in [0.15, 0.2) is 71.0 Å². The number of hydrogen-bond acceptors (Lipinski definition) is 10. The highest BCUT2D eigenvalue weighted by atomic mass is 32.2. The second-order valence-corrected chi connectivity index (χ2v) is 7.81. The third-order valence-electron chi connectivity index (χ3n) is 4.69. The zero-order valence-corrected chi connectivity index (χ0v) is 18.6. The third kappa shape index (κ3) is 4.70. The standard InChI is InChI=1S/C23H19N5O4S/c1-31-22(29)14-9-15(23(30)32-2)11-16(10-14)28-20-18(24)21(27-12-26-20)33-17-7-3-5-13-6-4-8-25-19(13)17/h3-12H,24H2,1-2H3,(H,26,27,28). The first-order valence-corrected chi connectivity index (χ1v) is 10.5. The number of para-hydroxylation sites is 1. The molecule has 10 heteroatoms. The van der Waals surface area contributed by atoms with Crippen LogP contribution in [0.25, 0.3) is 10.9 Å². The molecule has 4 rings (SSSR count). The summed E-state index contributed by atoms with van der Waals surface area (Å²) in [6, 6.07) is 14.2. The predicted molar refractivity (Wildman–Crippen MR) is 125 cm³/mol. The van der Waals surface area contributed by atoms with Crippen molar-refractivity contribution in [3.05, 3.63) is 72.2 Å². The van der Waals surface area contributed by atoms with Gasteiger partial charge < -0.3 is 20.5 Å². The van der Waals surface area contributed by atoms with Crippen molar-refractivity contribution in [2.24, 2.45) is 0 Å². The number of nitrogens with two attached hydrogens (primary N) is 1. The van der Waals surface area contributed by atoms with E-state index in [1.54, 1.807) is 6.20 Å². The summed E-state index contributed by atoms with van der Waals surface area (Å²) in [5, 5.41) is 4.59. The van der Waals surface area contributed by atoms with Crippen LogP contribution in [0.2, 0.25) is 0 Å². The van der Waals surface area contributed by atoms with Crippen molar-refractivity contribution in [2.75, 3.05) is 25.3 Å². The van der Waals surface area contributed by atoms with Gasteiger partial charge in [0.05, 0.1) is 30.9 Å². The number of methoxy groups -OCH3 is 2. The fraction of sp³-hybridized carbons (Fsp3) is 0.0870. The van der Waals surface area contributed by atoms with Gasteiger partial charge in [0.1, 0.15) is 17.0 Å². The van der Waals surface area contributed by atoms with E-state index in [0.29, 0.717) is 22.2 Å². The van der Waals surface area contributed by atoms with Gasteiger partial charge in [-0.3, -0.25) is 4.98 Å². The number of carbonyl (C=O) groups excluding carboxylic acids is 2. The van der Waals surface area contributed by atoms with Crippen LogP contribution in [0, 0.1) is 0 Å². The first-order valence-electron chi connectivity index (χ1n) is 9.71. The minimum absolute atomic E-state index is 0.173. The van der Waals surface area contributed by atoms with Gasteiger partial charge in [-0.25, -0.2) is 19.6 Å². The van der Waals surface area contributed by atoms with Crippen LogP contribution in [0.3, 0.4) is 0 Å². The van der Waals surface area contributed by atoms with E-state index in [-0.39, 0.29) is 11.1 Å². The van der Waals surface area contributed by atoms with Crippen LogP contribution in [0.1, 0.15) is 20.7 Å². The molecule has 3 N–H and O–H groups in total. The smallest absolute Gasteiger partial charge is 0.337 e. The lowest BCUT2D eigenvalue weighted by molar-refractivity contribution is 0.0599. The number of benzene rings is 2. The molecular weight excluding hydrogens is 442 g/mol. The number of rotatable bonds is 6. The molecule has 9 nitrogen and oxygen atoms in total. The molecule has 0 aliphatic heterocycles. The molecule has 0 bridgehead atoms. The lowest BCUT2D eigenvalue weighted by atomic mass is 10.1. The topological polar surface area (TPSA) is 129 Å². The van der Waals surface area contributed by atoms with Crippen molar-refractivity contribution in [1.82, 2.24) is 15.0 Å². The molecule has 2 heterocycles. The average molecular weight is 462 g/mol. The number of aromatic nitrogens is 3. The summed E-state index contributed by atoms with van der Waals surface area (Å²) in [5.74, 6) is -0.878. The molecule has 0 radical (unpaired) electrons. The second-order valence-electron chi connectivity index (χ2n) is 6.78. The highest BCUT2D eigenvalue weighted by molar-refractivity contribution is 7.99. The molecule has 0 saturated carbocycles. The molecule has 0 unspecified atom stereocenters. The Morgan fingerprint density at radius 3 is 2.33 bits per heavy atom.